The summed E-state index contributed by atoms with van der Waals surface area (Å²) in [5, 5.41) is 0.653. The fourth-order valence-corrected chi connectivity index (χ4v) is 4.99. The molecule has 3 aromatic carbocycles. The minimum atomic E-state index is 0.653. The molecule has 0 aliphatic rings. The SMILES string of the molecule is CCCCN(Cc1ccc(OC)c(Cl)c1)Cc1c(-c2ccccc2)nc(-c2ccccc2)n1CCCC. The Balaban J connectivity index is 1.78. The zero-order chi connectivity index (χ0) is 26.0. The number of methoxy groups -OCH3 is 1. The number of unbranched alkanes of at least 4 members (excludes halogenated alkanes) is 2. The molecule has 1 heterocycles. The molecule has 0 atom stereocenters. The van der Waals surface area contributed by atoms with Gasteiger partial charge in [-0.3, -0.25) is 4.90 Å². The molecule has 37 heavy (non-hydrogen) atoms. The van der Waals surface area contributed by atoms with E-state index in [-0.39, 0.29) is 0 Å². The second-order valence-corrected chi connectivity index (χ2v) is 9.91. The average Bonchev–Trinajstić information content (AvgIpc) is 3.29. The van der Waals surface area contributed by atoms with Gasteiger partial charge in [-0.15, -0.1) is 0 Å². The summed E-state index contributed by atoms with van der Waals surface area (Å²) in [4.78, 5) is 7.81. The van der Waals surface area contributed by atoms with Crippen molar-refractivity contribution >= 4 is 11.6 Å². The highest BCUT2D eigenvalue weighted by atomic mass is 35.5. The standard InChI is InChI=1S/C32H38ClN3O/c1-4-6-20-35(23-25-18-19-30(37-3)28(33)22-25)24-29-31(26-14-10-8-11-15-26)34-32(36(29)21-7-5-2)27-16-12-9-13-17-27/h8-19,22H,4-7,20-21,23-24H2,1-3H3. The van der Waals surface area contributed by atoms with Gasteiger partial charge in [-0.1, -0.05) is 105 Å². The second-order valence-electron chi connectivity index (χ2n) is 9.50. The van der Waals surface area contributed by atoms with Crippen molar-refractivity contribution in [3.05, 3.63) is 95.1 Å². The molecule has 0 saturated heterocycles. The number of hydrogen-bond donors (Lipinski definition) is 0. The molecule has 0 fully saturated rings. The van der Waals surface area contributed by atoms with Crippen molar-refractivity contribution in [3.63, 3.8) is 0 Å². The van der Waals surface area contributed by atoms with Crippen LogP contribution in [0, 0.1) is 0 Å². The van der Waals surface area contributed by atoms with E-state index in [1.807, 2.05) is 12.1 Å². The number of rotatable bonds is 13. The third-order valence-electron chi connectivity index (χ3n) is 6.71. The summed E-state index contributed by atoms with van der Waals surface area (Å²) in [6.45, 7) is 8.09. The van der Waals surface area contributed by atoms with Crippen molar-refractivity contribution in [2.75, 3.05) is 13.7 Å². The smallest absolute Gasteiger partial charge is 0.140 e. The Morgan fingerprint density at radius 1 is 0.838 bits per heavy atom. The van der Waals surface area contributed by atoms with Gasteiger partial charge in [-0.2, -0.15) is 0 Å². The summed E-state index contributed by atoms with van der Waals surface area (Å²) in [7, 11) is 1.65. The van der Waals surface area contributed by atoms with Crippen molar-refractivity contribution in [1.82, 2.24) is 14.5 Å². The number of benzene rings is 3. The maximum atomic E-state index is 6.48. The second kappa shape index (κ2) is 13.5. The van der Waals surface area contributed by atoms with E-state index in [0.717, 1.165) is 74.5 Å². The van der Waals surface area contributed by atoms with E-state index in [4.69, 9.17) is 21.3 Å². The van der Waals surface area contributed by atoms with Crippen LogP contribution in [0.3, 0.4) is 0 Å². The molecule has 1 aromatic heterocycles. The summed E-state index contributed by atoms with van der Waals surface area (Å²) in [6.07, 6.45) is 4.53. The van der Waals surface area contributed by atoms with Crippen molar-refractivity contribution in [1.29, 1.82) is 0 Å². The lowest BCUT2D eigenvalue weighted by atomic mass is 10.1. The maximum Gasteiger partial charge on any atom is 0.140 e. The Morgan fingerprint density at radius 2 is 1.51 bits per heavy atom. The summed E-state index contributed by atoms with van der Waals surface area (Å²) in [6, 6.07) is 27.3. The van der Waals surface area contributed by atoms with Gasteiger partial charge in [0.25, 0.3) is 0 Å². The molecule has 0 bridgehead atoms. The highest BCUT2D eigenvalue weighted by molar-refractivity contribution is 6.32. The van der Waals surface area contributed by atoms with Crippen LogP contribution in [0.25, 0.3) is 22.6 Å². The maximum absolute atomic E-state index is 6.48. The van der Waals surface area contributed by atoms with Crippen LogP contribution in [-0.2, 0) is 19.6 Å². The van der Waals surface area contributed by atoms with Crippen LogP contribution in [0.4, 0.5) is 0 Å². The van der Waals surface area contributed by atoms with Crippen molar-refractivity contribution < 1.29 is 4.74 Å². The van der Waals surface area contributed by atoms with Gasteiger partial charge in [0.05, 0.1) is 23.5 Å². The highest BCUT2D eigenvalue weighted by Gasteiger charge is 2.22. The number of halogens is 1. The van der Waals surface area contributed by atoms with Gasteiger partial charge < -0.3 is 9.30 Å². The van der Waals surface area contributed by atoms with E-state index in [9.17, 15) is 0 Å². The molecule has 0 saturated carbocycles. The largest absolute Gasteiger partial charge is 0.495 e. The van der Waals surface area contributed by atoms with E-state index in [1.54, 1.807) is 7.11 Å². The normalized spacial score (nSPS) is 11.3. The molecule has 0 N–H and O–H groups in total. The fourth-order valence-electron chi connectivity index (χ4n) is 4.71. The molecule has 4 nitrogen and oxygen atoms in total. The first kappa shape index (κ1) is 27.0. The summed E-state index contributed by atoms with van der Waals surface area (Å²) in [5.74, 6) is 1.76. The van der Waals surface area contributed by atoms with Gasteiger partial charge in [0.2, 0.25) is 0 Å². The molecule has 5 heteroatoms. The minimum absolute atomic E-state index is 0.653. The Bertz CT molecular complexity index is 1250. The number of hydrogen-bond acceptors (Lipinski definition) is 3. The summed E-state index contributed by atoms with van der Waals surface area (Å²) in [5.41, 5.74) is 5.85. The number of imidazole rings is 1. The van der Waals surface area contributed by atoms with Gasteiger partial charge in [0, 0.05) is 30.8 Å². The Kier molecular flexibility index (Phi) is 9.81. The number of aromatic nitrogens is 2. The lowest BCUT2D eigenvalue weighted by Crippen LogP contribution is -2.26. The molecule has 4 rings (SSSR count). The van der Waals surface area contributed by atoms with Crippen molar-refractivity contribution in [2.24, 2.45) is 0 Å². The van der Waals surface area contributed by atoms with Gasteiger partial charge in [0.1, 0.15) is 11.6 Å². The number of ether oxygens (including phenoxy) is 1. The van der Waals surface area contributed by atoms with Gasteiger partial charge in [-0.05, 0) is 37.1 Å². The van der Waals surface area contributed by atoms with Gasteiger partial charge in [0.15, 0.2) is 0 Å². The lowest BCUT2D eigenvalue weighted by molar-refractivity contribution is 0.246. The van der Waals surface area contributed by atoms with Crippen LogP contribution < -0.4 is 4.74 Å². The molecule has 0 amide bonds. The molecule has 0 radical (unpaired) electrons. The first-order chi connectivity index (χ1) is 18.1. The molecule has 0 aliphatic carbocycles. The van der Waals surface area contributed by atoms with E-state index in [0.29, 0.717) is 10.8 Å². The van der Waals surface area contributed by atoms with Crippen LogP contribution in [0.15, 0.2) is 78.9 Å². The van der Waals surface area contributed by atoms with Gasteiger partial charge in [-0.25, -0.2) is 4.98 Å². The third kappa shape index (κ3) is 6.82. The predicted octanol–water partition coefficient (Wildman–Crippen LogP) is 8.48. The molecule has 4 aromatic rings. The van der Waals surface area contributed by atoms with Gasteiger partial charge >= 0.3 is 0 Å². The van der Waals surface area contributed by atoms with Crippen LogP contribution in [0.2, 0.25) is 5.02 Å². The zero-order valence-corrected chi connectivity index (χ0v) is 23.0. The first-order valence-corrected chi connectivity index (χ1v) is 13.8. The van der Waals surface area contributed by atoms with E-state index < -0.39 is 0 Å². The van der Waals surface area contributed by atoms with Crippen LogP contribution in [-0.4, -0.2) is 28.1 Å². The van der Waals surface area contributed by atoms with Crippen molar-refractivity contribution in [3.8, 4) is 28.4 Å². The minimum Gasteiger partial charge on any atom is -0.495 e. The zero-order valence-electron chi connectivity index (χ0n) is 22.3. The van der Waals surface area contributed by atoms with Crippen LogP contribution in [0.1, 0.15) is 50.8 Å². The van der Waals surface area contributed by atoms with Crippen molar-refractivity contribution in [2.45, 2.75) is 59.2 Å². The molecular weight excluding hydrogens is 478 g/mol. The summed E-state index contributed by atoms with van der Waals surface area (Å²) < 4.78 is 7.83. The lowest BCUT2D eigenvalue weighted by Gasteiger charge is -2.24. The number of nitrogens with zero attached hydrogens (tertiary/aromatic N) is 3. The molecule has 194 valence electrons. The summed E-state index contributed by atoms with van der Waals surface area (Å²) >= 11 is 6.48. The fraction of sp³-hybridized carbons (Fsp3) is 0.344. The monoisotopic (exact) mass is 515 g/mol. The predicted molar refractivity (Wildman–Crippen MR) is 155 cm³/mol. The first-order valence-electron chi connectivity index (χ1n) is 13.4. The van der Waals surface area contributed by atoms with E-state index in [2.05, 4.69) is 90.0 Å². The van der Waals surface area contributed by atoms with Crippen LogP contribution >= 0.6 is 11.6 Å². The third-order valence-corrected chi connectivity index (χ3v) is 7.01. The highest BCUT2D eigenvalue weighted by Crippen LogP contribution is 2.32. The van der Waals surface area contributed by atoms with E-state index >= 15 is 0 Å². The average molecular weight is 516 g/mol. The molecule has 0 unspecified atom stereocenters. The Morgan fingerprint density at radius 3 is 2.14 bits per heavy atom. The molecular formula is C32H38ClN3O. The Hall–Kier alpha value is -3.08. The quantitative estimate of drug-likeness (QED) is 0.179. The van der Waals surface area contributed by atoms with Crippen LogP contribution in [0.5, 0.6) is 5.75 Å². The van der Waals surface area contributed by atoms with E-state index in [1.165, 1.54) is 11.3 Å². The Labute approximate surface area is 226 Å². The molecule has 0 aliphatic heterocycles. The molecule has 0 spiro atoms. The topological polar surface area (TPSA) is 30.3 Å².